The molecule has 5 heteroatoms. The summed E-state index contributed by atoms with van der Waals surface area (Å²) in [4.78, 5) is 12.2. The third-order valence-electron chi connectivity index (χ3n) is 3.74. The number of ketones is 1. The van der Waals surface area contributed by atoms with E-state index in [-0.39, 0.29) is 5.78 Å². The molecule has 0 aliphatic heterocycles. The first kappa shape index (κ1) is 15.0. The zero-order valence-corrected chi connectivity index (χ0v) is 13.4. The number of nitrogens with zero attached hydrogens (tertiary/aromatic N) is 4. The summed E-state index contributed by atoms with van der Waals surface area (Å²) < 4.78 is 3.51. The highest BCUT2D eigenvalue weighted by atomic mass is 16.1. The lowest BCUT2D eigenvalue weighted by atomic mass is 10.1. The van der Waals surface area contributed by atoms with Crippen LogP contribution >= 0.6 is 0 Å². The molecule has 0 fully saturated rings. The normalized spacial score (nSPS) is 11.3. The average molecular weight is 306 g/mol. The van der Waals surface area contributed by atoms with Gasteiger partial charge >= 0.3 is 0 Å². The van der Waals surface area contributed by atoms with Crippen LogP contribution in [-0.2, 0) is 7.05 Å². The van der Waals surface area contributed by atoms with Gasteiger partial charge in [0.1, 0.15) is 0 Å². The monoisotopic (exact) mass is 306 g/mol. The van der Waals surface area contributed by atoms with E-state index in [9.17, 15) is 4.79 Å². The van der Waals surface area contributed by atoms with Crippen LogP contribution in [-0.4, -0.2) is 25.3 Å². The van der Waals surface area contributed by atoms with Crippen molar-refractivity contribution >= 4 is 11.9 Å². The largest absolute Gasteiger partial charge is 0.289 e. The lowest BCUT2D eigenvalue weighted by Crippen LogP contribution is -1.98. The van der Waals surface area contributed by atoms with Crippen molar-refractivity contribution in [1.29, 1.82) is 0 Å². The second kappa shape index (κ2) is 6.04. The third kappa shape index (κ3) is 2.99. The molecule has 3 aromatic rings. The summed E-state index contributed by atoms with van der Waals surface area (Å²) in [5, 5.41) is 8.59. The molecule has 0 atom stereocenters. The van der Waals surface area contributed by atoms with Gasteiger partial charge in [0.2, 0.25) is 0 Å². The van der Waals surface area contributed by atoms with Gasteiger partial charge in [-0.25, -0.2) is 4.68 Å². The molecule has 116 valence electrons. The Morgan fingerprint density at radius 3 is 2.57 bits per heavy atom. The number of rotatable bonds is 4. The second-order valence-electron chi connectivity index (χ2n) is 5.43. The second-order valence-corrected chi connectivity index (χ2v) is 5.43. The number of carbonyl (C=O) groups excluding carboxylic acids is 1. The molecule has 5 nitrogen and oxygen atoms in total. The van der Waals surface area contributed by atoms with Gasteiger partial charge in [-0.1, -0.05) is 18.2 Å². The van der Waals surface area contributed by atoms with Crippen molar-refractivity contribution in [3.05, 3.63) is 71.3 Å². The fraction of sp³-hybridized carbons (Fsp3) is 0.167. The Bertz CT molecular complexity index is 872. The summed E-state index contributed by atoms with van der Waals surface area (Å²) in [7, 11) is 1.79. The van der Waals surface area contributed by atoms with E-state index < -0.39 is 0 Å². The van der Waals surface area contributed by atoms with Gasteiger partial charge in [-0.15, -0.1) is 0 Å². The molecule has 1 aromatic carbocycles. The van der Waals surface area contributed by atoms with Crippen LogP contribution in [0.5, 0.6) is 0 Å². The van der Waals surface area contributed by atoms with E-state index in [4.69, 9.17) is 0 Å². The molecule has 0 radical (unpaired) electrons. The molecule has 0 saturated carbocycles. The van der Waals surface area contributed by atoms with Crippen molar-refractivity contribution in [1.82, 2.24) is 19.6 Å². The molecule has 0 aliphatic rings. The number of benzene rings is 1. The van der Waals surface area contributed by atoms with E-state index in [0.29, 0.717) is 5.56 Å². The summed E-state index contributed by atoms with van der Waals surface area (Å²) in [6, 6.07) is 9.95. The van der Waals surface area contributed by atoms with Crippen LogP contribution in [0.15, 0.2) is 48.8 Å². The summed E-state index contributed by atoms with van der Waals surface area (Å²) in [5.41, 5.74) is 4.44. The van der Waals surface area contributed by atoms with Crippen LogP contribution in [0.1, 0.15) is 27.3 Å². The minimum absolute atomic E-state index is 0.0654. The van der Waals surface area contributed by atoms with Gasteiger partial charge in [0.15, 0.2) is 5.78 Å². The maximum absolute atomic E-state index is 12.2. The lowest BCUT2D eigenvalue weighted by Gasteiger charge is -2.03. The summed E-state index contributed by atoms with van der Waals surface area (Å²) in [6.07, 6.45) is 6.68. The molecule has 23 heavy (non-hydrogen) atoms. The van der Waals surface area contributed by atoms with Gasteiger partial charge in [0, 0.05) is 24.5 Å². The molecule has 0 spiro atoms. The van der Waals surface area contributed by atoms with Crippen LogP contribution in [0.25, 0.3) is 11.8 Å². The van der Waals surface area contributed by atoms with Gasteiger partial charge in [0.25, 0.3) is 0 Å². The smallest absolute Gasteiger partial charge is 0.189 e. The van der Waals surface area contributed by atoms with Crippen LogP contribution < -0.4 is 0 Å². The fourth-order valence-electron chi connectivity index (χ4n) is 2.52. The predicted molar refractivity (Wildman–Crippen MR) is 89.6 cm³/mol. The Kier molecular flexibility index (Phi) is 3.93. The molecule has 0 N–H and O–H groups in total. The Labute approximate surface area is 134 Å². The standard InChI is InChI=1S/C18H18N4O/c1-13-17(9-10-18(23)15-11-19-21(3)12-15)14(2)22(20-13)16-7-5-4-6-8-16/h4-12H,1-3H3. The summed E-state index contributed by atoms with van der Waals surface area (Å²) in [6.45, 7) is 3.95. The van der Waals surface area contributed by atoms with E-state index in [1.807, 2.05) is 54.9 Å². The maximum Gasteiger partial charge on any atom is 0.189 e. The molecular formula is C18H18N4O. The zero-order valence-electron chi connectivity index (χ0n) is 13.4. The first-order valence-electron chi connectivity index (χ1n) is 7.39. The van der Waals surface area contributed by atoms with E-state index in [1.54, 1.807) is 30.2 Å². The first-order chi connectivity index (χ1) is 11.1. The van der Waals surface area contributed by atoms with Crippen molar-refractivity contribution < 1.29 is 4.79 Å². The number of hydrogen-bond donors (Lipinski definition) is 0. The maximum atomic E-state index is 12.2. The molecule has 0 aliphatic carbocycles. The number of para-hydroxylation sites is 1. The molecule has 0 unspecified atom stereocenters. The minimum atomic E-state index is -0.0654. The molecular weight excluding hydrogens is 288 g/mol. The Balaban J connectivity index is 1.90. The van der Waals surface area contributed by atoms with E-state index in [2.05, 4.69) is 10.2 Å². The van der Waals surface area contributed by atoms with Crippen LogP contribution in [0, 0.1) is 13.8 Å². The van der Waals surface area contributed by atoms with Crippen LogP contribution in [0.3, 0.4) is 0 Å². The van der Waals surface area contributed by atoms with Gasteiger partial charge in [-0.05, 0) is 38.1 Å². The average Bonchev–Trinajstić information content (AvgIpc) is 3.10. The fourth-order valence-corrected chi connectivity index (χ4v) is 2.52. The molecule has 0 bridgehead atoms. The van der Waals surface area contributed by atoms with Gasteiger partial charge < -0.3 is 0 Å². The van der Waals surface area contributed by atoms with E-state index in [1.165, 1.54) is 0 Å². The topological polar surface area (TPSA) is 52.7 Å². The third-order valence-corrected chi connectivity index (χ3v) is 3.74. The highest BCUT2D eigenvalue weighted by Crippen LogP contribution is 2.19. The highest BCUT2D eigenvalue weighted by molar-refractivity contribution is 6.06. The molecule has 2 heterocycles. The van der Waals surface area contributed by atoms with Gasteiger partial charge in [-0.2, -0.15) is 10.2 Å². The molecule has 2 aromatic heterocycles. The number of allylic oxidation sites excluding steroid dienone is 1. The zero-order chi connectivity index (χ0) is 16.4. The van der Waals surface area contributed by atoms with Crippen molar-refractivity contribution in [2.75, 3.05) is 0 Å². The SMILES string of the molecule is Cc1nn(-c2ccccc2)c(C)c1C=CC(=O)c1cnn(C)c1. The van der Waals surface area contributed by atoms with Crippen LogP contribution in [0.2, 0.25) is 0 Å². The summed E-state index contributed by atoms with van der Waals surface area (Å²) in [5.74, 6) is -0.0654. The molecule has 0 saturated heterocycles. The highest BCUT2D eigenvalue weighted by Gasteiger charge is 2.11. The predicted octanol–water partition coefficient (Wildman–Crippen LogP) is 3.12. The van der Waals surface area contributed by atoms with Crippen molar-refractivity contribution in [3.8, 4) is 5.69 Å². The number of carbonyl (C=O) groups is 1. The number of aryl methyl sites for hydroxylation is 2. The Morgan fingerprint density at radius 1 is 1.17 bits per heavy atom. The molecule has 3 rings (SSSR count). The minimum Gasteiger partial charge on any atom is -0.289 e. The van der Waals surface area contributed by atoms with E-state index >= 15 is 0 Å². The number of aromatic nitrogens is 4. The molecule has 0 amide bonds. The Hall–Kier alpha value is -2.95. The van der Waals surface area contributed by atoms with Crippen molar-refractivity contribution in [2.24, 2.45) is 7.05 Å². The first-order valence-corrected chi connectivity index (χ1v) is 7.39. The number of hydrogen-bond acceptors (Lipinski definition) is 3. The van der Waals surface area contributed by atoms with Crippen LogP contribution in [0.4, 0.5) is 0 Å². The van der Waals surface area contributed by atoms with Gasteiger partial charge in [0.05, 0.1) is 23.1 Å². The van der Waals surface area contributed by atoms with Crippen molar-refractivity contribution in [3.63, 3.8) is 0 Å². The summed E-state index contributed by atoms with van der Waals surface area (Å²) >= 11 is 0. The Morgan fingerprint density at radius 2 is 1.91 bits per heavy atom. The lowest BCUT2D eigenvalue weighted by molar-refractivity contribution is 0.104. The van der Waals surface area contributed by atoms with E-state index in [0.717, 1.165) is 22.6 Å². The van der Waals surface area contributed by atoms with Gasteiger partial charge in [-0.3, -0.25) is 9.48 Å². The quantitative estimate of drug-likeness (QED) is 0.550. The van der Waals surface area contributed by atoms with Crippen molar-refractivity contribution in [2.45, 2.75) is 13.8 Å².